The summed E-state index contributed by atoms with van der Waals surface area (Å²) in [5, 5.41) is 12.2. The van der Waals surface area contributed by atoms with E-state index in [4.69, 9.17) is 0 Å². The molecule has 29 heavy (non-hydrogen) atoms. The van der Waals surface area contributed by atoms with E-state index in [-0.39, 0.29) is 11.7 Å². The van der Waals surface area contributed by atoms with Gasteiger partial charge < -0.3 is 5.32 Å². The molecule has 0 fully saturated rings. The van der Waals surface area contributed by atoms with Crippen molar-refractivity contribution < 1.29 is 4.79 Å². The zero-order valence-electron chi connectivity index (χ0n) is 15.9. The molecule has 0 spiro atoms. The van der Waals surface area contributed by atoms with Crippen molar-refractivity contribution in [1.29, 1.82) is 0 Å². The number of benzene rings is 1. The lowest BCUT2D eigenvalue weighted by Crippen LogP contribution is -2.15. The fourth-order valence-electron chi connectivity index (χ4n) is 2.85. The largest absolute Gasteiger partial charge is 0.325 e. The Balaban J connectivity index is 1.51. The second-order valence-corrected chi connectivity index (χ2v) is 7.25. The third-order valence-electron chi connectivity index (χ3n) is 4.35. The number of hydrogen-bond donors (Lipinski definition) is 1. The topological polar surface area (TPSA) is 77.6 Å². The van der Waals surface area contributed by atoms with E-state index in [1.54, 1.807) is 12.4 Å². The van der Waals surface area contributed by atoms with E-state index in [1.165, 1.54) is 17.3 Å². The summed E-state index contributed by atoms with van der Waals surface area (Å²) in [4.78, 5) is 16.5. The SMILES string of the molecule is CCc1ccc(NC(=O)CSc2nnc(-c3ccncc3)n2-n2cccc2)cc1. The first-order chi connectivity index (χ1) is 14.2. The van der Waals surface area contributed by atoms with Gasteiger partial charge in [-0.05, 0) is 48.4 Å². The molecule has 0 aliphatic carbocycles. The highest BCUT2D eigenvalue weighted by molar-refractivity contribution is 7.99. The van der Waals surface area contributed by atoms with Crippen molar-refractivity contribution in [3.63, 3.8) is 0 Å². The van der Waals surface area contributed by atoms with Gasteiger partial charge in [0, 0.05) is 36.0 Å². The number of rotatable bonds is 7. The van der Waals surface area contributed by atoms with Gasteiger partial charge in [0.2, 0.25) is 11.1 Å². The van der Waals surface area contributed by atoms with Crippen LogP contribution in [0.25, 0.3) is 11.4 Å². The van der Waals surface area contributed by atoms with Crippen molar-refractivity contribution in [2.75, 3.05) is 11.1 Å². The van der Waals surface area contributed by atoms with Crippen LogP contribution in [0.3, 0.4) is 0 Å². The van der Waals surface area contributed by atoms with Crippen LogP contribution in [0.4, 0.5) is 5.69 Å². The molecule has 0 unspecified atom stereocenters. The second kappa shape index (κ2) is 8.74. The monoisotopic (exact) mass is 404 g/mol. The number of anilines is 1. The number of nitrogens with one attached hydrogen (secondary N) is 1. The number of aromatic nitrogens is 5. The molecule has 146 valence electrons. The Morgan fingerprint density at radius 2 is 1.76 bits per heavy atom. The van der Waals surface area contributed by atoms with Crippen molar-refractivity contribution in [2.24, 2.45) is 0 Å². The quantitative estimate of drug-likeness (QED) is 0.475. The maximum atomic E-state index is 12.4. The normalized spacial score (nSPS) is 10.8. The van der Waals surface area contributed by atoms with E-state index < -0.39 is 0 Å². The lowest BCUT2D eigenvalue weighted by atomic mass is 10.1. The first kappa shape index (κ1) is 18.9. The summed E-state index contributed by atoms with van der Waals surface area (Å²) in [5.74, 6) is 0.819. The predicted molar refractivity (Wildman–Crippen MR) is 114 cm³/mol. The van der Waals surface area contributed by atoms with Gasteiger partial charge in [0.05, 0.1) is 5.75 Å². The lowest BCUT2D eigenvalue weighted by molar-refractivity contribution is -0.113. The van der Waals surface area contributed by atoms with E-state index in [1.807, 2.05) is 70.3 Å². The van der Waals surface area contributed by atoms with Crippen LogP contribution in [0.15, 0.2) is 78.5 Å². The molecule has 0 atom stereocenters. The van der Waals surface area contributed by atoms with Gasteiger partial charge in [-0.2, -0.15) is 0 Å². The molecule has 1 aromatic carbocycles. The van der Waals surface area contributed by atoms with Crippen LogP contribution in [-0.2, 0) is 11.2 Å². The van der Waals surface area contributed by atoms with Gasteiger partial charge in [0.25, 0.3) is 0 Å². The molecule has 0 bridgehead atoms. The molecule has 3 aromatic heterocycles. The van der Waals surface area contributed by atoms with Crippen LogP contribution in [0, 0.1) is 0 Å². The van der Waals surface area contributed by atoms with Crippen LogP contribution < -0.4 is 5.32 Å². The maximum absolute atomic E-state index is 12.4. The fourth-order valence-corrected chi connectivity index (χ4v) is 3.59. The summed E-state index contributed by atoms with van der Waals surface area (Å²) in [6.45, 7) is 2.10. The Bertz CT molecular complexity index is 1070. The number of carbonyl (C=O) groups excluding carboxylic acids is 1. The Hall–Kier alpha value is -3.39. The molecule has 4 rings (SSSR count). The minimum absolute atomic E-state index is 0.0910. The van der Waals surface area contributed by atoms with Gasteiger partial charge in [0.15, 0.2) is 5.82 Å². The van der Waals surface area contributed by atoms with E-state index >= 15 is 0 Å². The molecule has 1 N–H and O–H groups in total. The van der Waals surface area contributed by atoms with Crippen LogP contribution in [0.5, 0.6) is 0 Å². The molecule has 1 amide bonds. The van der Waals surface area contributed by atoms with Gasteiger partial charge in [-0.15, -0.1) is 10.2 Å². The molecule has 7 nitrogen and oxygen atoms in total. The van der Waals surface area contributed by atoms with Crippen molar-refractivity contribution in [2.45, 2.75) is 18.5 Å². The lowest BCUT2D eigenvalue weighted by Gasteiger charge is -2.11. The molecule has 0 aliphatic rings. The van der Waals surface area contributed by atoms with Crippen molar-refractivity contribution >= 4 is 23.4 Å². The Kier molecular flexibility index (Phi) is 5.71. The number of hydrogen-bond acceptors (Lipinski definition) is 5. The average molecular weight is 404 g/mol. The summed E-state index contributed by atoms with van der Waals surface area (Å²) in [7, 11) is 0. The van der Waals surface area contributed by atoms with E-state index in [2.05, 4.69) is 27.4 Å². The number of aryl methyl sites for hydroxylation is 1. The number of nitrogens with zero attached hydrogens (tertiary/aromatic N) is 5. The van der Waals surface area contributed by atoms with Gasteiger partial charge in [-0.1, -0.05) is 30.8 Å². The minimum atomic E-state index is -0.0910. The highest BCUT2D eigenvalue weighted by Gasteiger charge is 2.17. The Morgan fingerprint density at radius 3 is 2.45 bits per heavy atom. The zero-order chi connectivity index (χ0) is 20.1. The second-order valence-electron chi connectivity index (χ2n) is 6.30. The van der Waals surface area contributed by atoms with Crippen LogP contribution in [0.2, 0.25) is 0 Å². The summed E-state index contributed by atoms with van der Waals surface area (Å²) in [6, 6.07) is 15.5. The number of thioether (sulfide) groups is 1. The van der Waals surface area contributed by atoms with Crippen molar-refractivity contribution in [1.82, 2.24) is 24.5 Å². The molecular weight excluding hydrogens is 384 g/mol. The Labute approximate surface area is 172 Å². The fraction of sp³-hybridized carbons (Fsp3) is 0.143. The average Bonchev–Trinajstić information content (AvgIpc) is 3.43. The molecule has 0 aliphatic heterocycles. The zero-order valence-corrected chi connectivity index (χ0v) is 16.7. The highest BCUT2D eigenvalue weighted by atomic mass is 32.2. The standard InChI is InChI=1S/C21H20N6OS/c1-2-16-5-7-18(8-6-16)23-19(28)15-29-21-25-24-20(17-9-11-22-12-10-17)27(21)26-13-3-4-14-26/h3-14H,2,15H2,1H3,(H,23,28). The molecule has 0 saturated carbocycles. The maximum Gasteiger partial charge on any atom is 0.234 e. The number of amides is 1. The summed E-state index contributed by atoms with van der Waals surface area (Å²) in [5.41, 5.74) is 2.92. The smallest absolute Gasteiger partial charge is 0.234 e. The van der Waals surface area contributed by atoms with E-state index in [0.717, 1.165) is 17.7 Å². The van der Waals surface area contributed by atoms with Crippen molar-refractivity contribution in [3.8, 4) is 11.4 Å². The van der Waals surface area contributed by atoms with Crippen LogP contribution >= 0.6 is 11.8 Å². The molecular formula is C21H20N6OS. The minimum Gasteiger partial charge on any atom is -0.325 e. The summed E-state index contributed by atoms with van der Waals surface area (Å²) >= 11 is 1.34. The predicted octanol–water partition coefficient (Wildman–Crippen LogP) is 3.75. The molecule has 0 radical (unpaired) electrons. The van der Waals surface area contributed by atoms with Crippen LogP contribution in [0.1, 0.15) is 12.5 Å². The molecule has 4 aromatic rings. The molecule has 0 saturated heterocycles. The first-order valence-corrected chi connectivity index (χ1v) is 10.2. The van der Waals surface area contributed by atoms with Crippen molar-refractivity contribution in [3.05, 3.63) is 78.9 Å². The third-order valence-corrected chi connectivity index (χ3v) is 5.27. The summed E-state index contributed by atoms with van der Waals surface area (Å²) in [6.07, 6.45) is 8.22. The van der Waals surface area contributed by atoms with Crippen LogP contribution in [-0.4, -0.2) is 36.2 Å². The van der Waals surface area contributed by atoms with Gasteiger partial charge >= 0.3 is 0 Å². The van der Waals surface area contributed by atoms with Gasteiger partial charge in [0.1, 0.15) is 0 Å². The van der Waals surface area contributed by atoms with E-state index in [0.29, 0.717) is 11.0 Å². The first-order valence-electron chi connectivity index (χ1n) is 9.25. The Morgan fingerprint density at radius 1 is 1.03 bits per heavy atom. The molecule has 3 heterocycles. The third kappa shape index (κ3) is 4.38. The van der Waals surface area contributed by atoms with Gasteiger partial charge in [-0.3, -0.25) is 14.5 Å². The number of pyridine rings is 1. The van der Waals surface area contributed by atoms with E-state index in [9.17, 15) is 4.79 Å². The van der Waals surface area contributed by atoms with Gasteiger partial charge in [-0.25, -0.2) is 4.68 Å². The molecule has 8 heteroatoms. The number of carbonyl (C=O) groups is 1. The highest BCUT2D eigenvalue weighted by Crippen LogP contribution is 2.24. The summed E-state index contributed by atoms with van der Waals surface area (Å²) < 4.78 is 3.77.